The number of rotatable bonds is 4. The van der Waals surface area contributed by atoms with E-state index in [4.69, 9.17) is 0 Å². The monoisotopic (exact) mass is 349 g/mol. The zero-order chi connectivity index (χ0) is 14.1. The molecule has 3 rings (SSSR count). The minimum Gasteiger partial charge on any atom is -0.371 e. The van der Waals surface area contributed by atoms with Gasteiger partial charge in [0.15, 0.2) is 0 Å². The highest BCUT2D eigenvalue weighted by Gasteiger charge is 2.26. The van der Waals surface area contributed by atoms with E-state index in [0.29, 0.717) is 13.1 Å². The van der Waals surface area contributed by atoms with Crippen molar-refractivity contribution in [3.63, 3.8) is 0 Å². The van der Waals surface area contributed by atoms with Gasteiger partial charge >= 0.3 is 0 Å². The van der Waals surface area contributed by atoms with Crippen LogP contribution in [0, 0.1) is 11.7 Å². The van der Waals surface area contributed by atoms with Gasteiger partial charge in [0.1, 0.15) is 5.82 Å². The third kappa shape index (κ3) is 4.24. The fourth-order valence-electron chi connectivity index (χ4n) is 2.58. The number of fused-ring (bicyclic) bond motifs is 1. The SMILES string of the molecule is CN1CCN(C(=O)CNCC2CC2)c2ccc(F)cc21.Cl.Cl. The van der Waals surface area contributed by atoms with Crippen LogP contribution < -0.4 is 15.1 Å². The van der Waals surface area contributed by atoms with Crippen LogP contribution in [0.2, 0.25) is 0 Å². The van der Waals surface area contributed by atoms with Crippen LogP contribution in [-0.4, -0.2) is 39.1 Å². The van der Waals surface area contributed by atoms with Gasteiger partial charge in [-0.15, -0.1) is 24.8 Å². The van der Waals surface area contributed by atoms with Crippen molar-refractivity contribution >= 4 is 42.1 Å². The Balaban J connectivity index is 0.00000121. The second-order valence-electron chi connectivity index (χ2n) is 5.67. The van der Waals surface area contributed by atoms with E-state index in [2.05, 4.69) is 5.32 Å². The maximum absolute atomic E-state index is 13.4. The molecular weight excluding hydrogens is 328 g/mol. The van der Waals surface area contributed by atoms with Gasteiger partial charge in [-0.2, -0.15) is 0 Å². The molecule has 124 valence electrons. The molecule has 0 radical (unpaired) electrons. The minimum absolute atomic E-state index is 0. The van der Waals surface area contributed by atoms with Crippen molar-refractivity contribution in [2.75, 3.05) is 43.0 Å². The first kappa shape index (κ1) is 19.0. The third-order valence-corrected chi connectivity index (χ3v) is 4.01. The van der Waals surface area contributed by atoms with Crippen LogP contribution in [0.3, 0.4) is 0 Å². The van der Waals surface area contributed by atoms with Crippen LogP contribution in [-0.2, 0) is 4.79 Å². The van der Waals surface area contributed by atoms with E-state index in [0.717, 1.165) is 30.4 Å². The zero-order valence-corrected chi connectivity index (χ0v) is 14.2. The van der Waals surface area contributed by atoms with Gasteiger partial charge < -0.3 is 15.1 Å². The highest BCUT2D eigenvalue weighted by Crippen LogP contribution is 2.32. The number of amides is 1. The standard InChI is InChI=1S/C15H20FN3O.2ClH/c1-18-6-7-19(13-5-4-12(16)8-14(13)18)15(20)10-17-9-11-2-3-11;;/h4-5,8,11,17H,2-3,6-7,9-10H2,1H3;2*1H. The number of anilines is 2. The van der Waals surface area contributed by atoms with E-state index in [-0.39, 0.29) is 36.5 Å². The molecule has 1 aliphatic heterocycles. The molecule has 1 heterocycles. The number of nitrogens with zero attached hydrogens (tertiary/aromatic N) is 2. The molecule has 1 fully saturated rings. The molecule has 4 nitrogen and oxygen atoms in total. The van der Waals surface area contributed by atoms with Crippen molar-refractivity contribution in [1.82, 2.24) is 5.32 Å². The van der Waals surface area contributed by atoms with Gasteiger partial charge in [0.2, 0.25) is 5.91 Å². The summed E-state index contributed by atoms with van der Waals surface area (Å²) in [6, 6.07) is 4.60. The second-order valence-corrected chi connectivity index (χ2v) is 5.67. The average molecular weight is 350 g/mol. The molecule has 0 unspecified atom stereocenters. The Kier molecular flexibility index (Phi) is 6.91. The molecule has 7 heteroatoms. The van der Waals surface area contributed by atoms with E-state index in [9.17, 15) is 9.18 Å². The first-order chi connectivity index (χ1) is 9.65. The summed E-state index contributed by atoms with van der Waals surface area (Å²) in [4.78, 5) is 16.1. The van der Waals surface area contributed by atoms with Gasteiger partial charge in [-0.25, -0.2) is 4.39 Å². The van der Waals surface area contributed by atoms with E-state index >= 15 is 0 Å². The van der Waals surface area contributed by atoms with Crippen molar-refractivity contribution in [2.24, 2.45) is 5.92 Å². The van der Waals surface area contributed by atoms with Crippen molar-refractivity contribution < 1.29 is 9.18 Å². The molecule has 1 aliphatic carbocycles. The number of nitrogens with one attached hydrogen (secondary N) is 1. The summed E-state index contributed by atoms with van der Waals surface area (Å²) in [5.41, 5.74) is 1.59. The van der Waals surface area contributed by atoms with Gasteiger partial charge in [0.05, 0.1) is 17.9 Å². The molecule has 1 N–H and O–H groups in total. The zero-order valence-electron chi connectivity index (χ0n) is 12.5. The van der Waals surface area contributed by atoms with Gasteiger partial charge in [0, 0.05) is 20.1 Å². The summed E-state index contributed by atoms with van der Waals surface area (Å²) >= 11 is 0. The third-order valence-electron chi connectivity index (χ3n) is 4.01. The molecule has 0 saturated heterocycles. The first-order valence-corrected chi connectivity index (χ1v) is 7.17. The molecule has 1 aromatic carbocycles. The Bertz CT molecular complexity index is 526. The lowest BCUT2D eigenvalue weighted by atomic mass is 10.1. The summed E-state index contributed by atoms with van der Waals surface area (Å²) in [6.07, 6.45) is 2.55. The van der Waals surface area contributed by atoms with Gasteiger partial charge in [0.25, 0.3) is 0 Å². The molecule has 0 bridgehead atoms. The van der Waals surface area contributed by atoms with Crippen molar-refractivity contribution in [2.45, 2.75) is 12.8 Å². The quantitative estimate of drug-likeness (QED) is 0.906. The maximum Gasteiger partial charge on any atom is 0.241 e. The lowest BCUT2D eigenvalue weighted by Gasteiger charge is -2.35. The lowest BCUT2D eigenvalue weighted by Crippen LogP contribution is -2.46. The molecule has 0 aromatic heterocycles. The van der Waals surface area contributed by atoms with Crippen molar-refractivity contribution in [1.29, 1.82) is 0 Å². The second kappa shape index (κ2) is 7.99. The van der Waals surface area contributed by atoms with E-state index in [1.54, 1.807) is 11.0 Å². The van der Waals surface area contributed by atoms with Gasteiger partial charge in [-0.3, -0.25) is 4.79 Å². The number of benzene rings is 1. The Hall–Kier alpha value is -1.04. The molecule has 0 atom stereocenters. The smallest absolute Gasteiger partial charge is 0.241 e. The number of carbonyl (C=O) groups excluding carboxylic acids is 1. The summed E-state index contributed by atoms with van der Waals surface area (Å²) < 4.78 is 13.4. The van der Waals surface area contributed by atoms with Crippen LogP contribution >= 0.6 is 24.8 Å². The summed E-state index contributed by atoms with van der Waals surface area (Å²) in [6.45, 7) is 2.66. The fraction of sp³-hybridized carbons (Fsp3) is 0.533. The minimum atomic E-state index is -0.267. The predicted octanol–water partition coefficient (Wildman–Crippen LogP) is 2.45. The summed E-state index contributed by atoms with van der Waals surface area (Å²) in [7, 11) is 1.92. The van der Waals surface area contributed by atoms with E-state index in [1.165, 1.54) is 25.0 Å². The lowest BCUT2D eigenvalue weighted by molar-refractivity contribution is -0.117. The molecular formula is C15H22Cl2FN3O. The van der Waals surface area contributed by atoms with Crippen LogP contribution in [0.1, 0.15) is 12.8 Å². The normalized spacial score (nSPS) is 16.5. The molecule has 0 spiro atoms. The molecule has 1 saturated carbocycles. The highest BCUT2D eigenvalue weighted by atomic mass is 35.5. The topological polar surface area (TPSA) is 35.6 Å². The van der Waals surface area contributed by atoms with Crippen LogP contribution in [0.25, 0.3) is 0 Å². The van der Waals surface area contributed by atoms with E-state index < -0.39 is 0 Å². The predicted molar refractivity (Wildman–Crippen MR) is 92.1 cm³/mol. The largest absolute Gasteiger partial charge is 0.371 e. The molecule has 1 aromatic rings. The first-order valence-electron chi connectivity index (χ1n) is 7.17. The number of halogens is 3. The number of hydrogen-bond donors (Lipinski definition) is 1. The van der Waals surface area contributed by atoms with Gasteiger partial charge in [-0.05, 0) is 43.5 Å². The highest BCUT2D eigenvalue weighted by molar-refractivity contribution is 5.99. The Morgan fingerprint density at radius 1 is 1.27 bits per heavy atom. The van der Waals surface area contributed by atoms with Crippen LogP contribution in [0.15, 0.2) is 18.2 Å². The average Bonchev–Trinajstić information content (AvgIpc) is 3.24. The number of hydrogen-bond acceptors (Lipinski definition) is 3. The Labute approximate surface area is 142 Å². The van der Waals surface area contributed by atoms with Crippen LogP contribution in [0.4, 0.5) is 15.8 Å². The van der Waals surface area contributed by atoms with E-state index in [1.807, 2.05) is 11.9 Å². The molecule has 1 amide bonds. The maximum atomic E-state index is 13.4. The fourth-order valence-corrected chi connectivity index (χ4v) is 2.58. The van der Waals surface area contributed by atoms with Crippen LogP contribution in [0.5, 0.6) is 0 Å². The van der Waals surface area contributed by atoms with Crippen molar-refractivity contribution in [3.05, 3.63) is 24.0 Å². The Morgan fingerprint density at radius 2 is 2.00 bits per heavy atom. The van der Waals surface area contributed by atoms with Gasteiger partial charge in [-0.1, -0.05) is 0 Å². The molecule has 22 heavy (non-hydrogen) atoms. The van der Waals surface area contributed by atoms with Crippen molar-refractivity contribution in [3.8, 4) is 0 Å². The number of carbonyl (C=O) groups is 1. The summed E-state index contributed by atoms with van der Waals surface area (Å²) in [5.74, 6) is 0.556. The summed E-state index contributed by atoms with van der Waals surface area (Å²) in [5, 5.41) is 3.22. The number of likely N-dealkylation sites (N-methyl/N-ethyl adjacent to an activating group) is 1. The Morgan fingerprint density at radius 3 is 2.68 bits per heavy atom. The molecule has 2 aliphatic rings.